The first kappa shape index (κ1) is 24.9. The number of nitrogens with zero attached hydrogens (tertiary/aromatic N) is 1. The van der Waals surface area contributed by atoms with E-state index < -0.39 is 0 Å². The minimum absolute atomic E-state index is 0.0850. The molecule has 2 N–H and O–H groups in total. The topological polar surface area (TPSA) is 29.3 Å². The van der Waals surface area contributed by atoms with E-state index in [0.717, 1.165) is 33.5 Å². The average Bonchev–Trinajstić information content (AvgIpc) is 3.38. The zero-order chi connectivity index (χ0) is 28.8. The first-order chi connectivity index (χ1) is 20.3. The summed E-state index contributed by atoms with van der Waals surface area (Å²) in [6.45, 7) is 9.39. The molecule has 2 heteroatoms. The van der Waals surface area contributed by atoms with Crippen molar-refractivity contribution < 1.29 is 0 Å². The molecule has 0 heterocycles. The Morgan fingerprint density at radius 2 is 0.905 bits per heavy atom. The van der Waals surface area contributed by atoms with Crippen LogP contribution in [-0.4, -0.2) is 0 Å². The molecule has 0 amide bonds. The minimum Gasteiger partial charge on any atom is -0.398 e. The molecule has 0 atom stereocenters. The van der Waals surface area contributed by atoms with Crippen LogP contribution >= 0.6 is 0 Å². The first-order valence-electron chi connectivity index (χ1n) is 14.8. The third-order valence-corrected chi connectivity index (χ3v) is 9.83. The van der Waals surface area contributed by atoms with Gasteiger partial charge in [-0.3, -0.25) is 0 Å². The van der Waals surface area contributed by atoms with Gasteiger partial charge in [-0.25, -0.2) is 0 Å². The number of fused-ring (bicyclic) bond motifs is 7. The molecule has 6 aromatic rings. The lowest BCUT2D eigenvalue weighted by Gasteiger charge is -2.30. The molecule has 0 aliphatic heterocycles. The van der Waals surface area contributed by atoms with Crippen molar-refractivity contribution in [2.45, 2.75) is 38.5 Å². The van der Waals surface area contributed by atoms with Crippen molar-refractivity contribution in [2.75, 3.05) is 10.6 Å². The van der Waals surface area contributed by atoms with E-state index in [-0.39, 0.29) is 10.8 Å². The normalized spacial score (nSPS) is 15.1. The van der Waals surface area contributed by atoms with Crippen LogP contribution in [0, 0.1) is 0 Å². The molecule has 0 radical (unpaired) electrons. The molecule has 2 aliphatic rings. The second kappa shape index (κ2) is 8.59. The van der Waals surface area contributed by atoms with Gasteiger partial charge in [-0.15, -0.1) is 0 Å². The monoisotopic (exact) mass is 542 g/mol. The fraction of sp³-hybridized carbons (Fsp3) is 0.150. The molecule has 0 saturated heterocycles. The van der Waals surface area contributed by atoms with Gasteiger partial charge in [-0.05, 0) is 80.9 Å². The fourth-order valence-corrected chi connectivity index (χ4v) is 7.59. The number of nitrogens with two attached hydrogens (primary N) is 1. The van der Waals surface area contributed by atoms with E-state index in [4.69, 9.17) is 5.73 Å². The first-order valence-corrected chi connectivity index (χ1v) is 14.8. The highest BCUT2D eigenvalue weighted by Gasteiger charge is 2.37. The summed E-state index contributed by atoms with van der Waals surface area (Å²) < 4.78 is 0. The summed E-state index contributed by atoms with van der Waals surface area (Å²) in [5, 5.41) is 2.21. The van der Waals surface area contributed by atoms with Gasteiger partial charge in [0, 0.05) is 38.7 Å². The Labute approximate surface area is 248 Å². The van der Waals surface area contributed by atoms with Crippen LogP contribution in [0.4, 0.5) is 22.7 Å². The molecule has 6 aromatic carbocycles. The maximum atomic E-state index is 6.50. The molecule has 0 saturated carbocycles. The van der Waals surface area contributed by atoms with Crippen molar-refractivity contribution in [3.05, 3.63) is 144 Å². The molecule has 204 valence electrons. The Morgan fingerprint density at radius 1 is 0.452 bits per heavy atom. The van der Waals surface area contributed by atoms with E-state index in [1.807, 2.05) is 6.07 Å². The lowest BCUT2D eigenvalue weighted by atomic mass is 9.82. The lowest BCUT2D eigenvalue weighted by Crippen LogP contribution is -2.18. The molecule has 0 aromatic heterocycles. The van der Waals surface area contributed by atoms with Crippen molar-refractivity contribution in [3.63, 3.8) is 0 Å². The average molecular weight is 543 g/mol. The van der Waals surface area contributed by atoms with Gasteiger partial charge in [-0.2, -0.15) is 0 Å². The van der Waals surface area contributed by atoms with Gasteiger partial charge in [0.05, 0.1) is 5.69 Å². The summed E-state index contributed by atoms with van der Waals surface area (Å²) in [4.78, 5) is 2.43. The zero-order valence-corrected chi connectivity index (χ0v) is 24.6. The smallest absolute Gasteiger partial charge is 0.0541 e. The third kappa shape index (κ3) is 3.32. The fourth-order valence-electron chi connectivity index (χ4n) is 7.59. The van der Waals surface area contributed by atoms with Crippen molar-refractivity contribution in [3.8, 4) is 22.3 Å². The molecule has 2 nitrogen and oxygen atoms in total. The van der Waals surface area contributed by atoms with Crippen molar-refractivity contribution in [1.29, 1.82) is 0 Å². The summed E-state index contributed by atoms with van der Waals surface area (Å²) in [5.74, 6) is 0. The maximum Gasteiger partial charge on any atom is 0.0541 e. The van der Waals surface area contributed by atoms with E-state index in [0.29, 0.717) is 0 Å². The summed E-state index contributed by atoms with van der Waals surface area (Å²) >= 11 is 0. The van der Waals surface area contributed by atoms with Crippen LogP contribution in [0.2, 0.25) is 0 Å². The van der Waals surface area contributed by atoms with Crippen molar-refractivity contribution in [2.24, 2.45) is 0 Å². The lowest BCUT2D eigenvalue weighted by molar-refractivity contribution is 0.660. The molecule has 8 rings (SSSR count). The SMILES string of the molecule is CC1(C)c2ccccc2-c2ccc(N(c3ccc4c(c3)C(C)(C)c3ccccc3-4)c3ccc(N)c4ccccc34)cc21. The van der Waals surface area contributed by atoms with Gasteiger partial charge >= 0.3 is 0 Å². The summed E-state index contributed by atoms with van der Waals surface area (Å²) in [5.41, 5.74) is 21.4. The van der Waals surface area contributed by atoms with Crippen LogP contribution in [0.25, 0.3) is 33.0 Å². The summed E-state index contributed by atoms with van der Waals surface area (Å²) in [6.07, 6.45) is 0. The predicted molar refractivity (Wildman–Crippen MR) is 178 cm³/mol. The molecule has 0 spiro atoms. The molecule has 42 heavy (non-hydrogen) atoms. The van der Waals surface area contributed by atoms with E-state index in [1.54, 1.807) is 0 Å². The van der Waals surface area contributed by atoms with Gasteiger partial charge in [0.2, 0.25) is 0 Å². The number of rotatable bonds is 3. The van der Waals surface area contributed by atoms with E-state index in [9.17, 15) is 0 Å². The Kier molecular flexibility index (Phi) is 5.10. The highest BCUT2D eigenvalue weighted by molar-refractivity contribution is 6.04. The van der Waals surface area contributed by atoms with Crippen LogP contribution in [0.15, 0.2) is 121 Å². The standard InChI is InChI=1S/C40H34N2/c1-39(2)33-15-9-7-11-27(33)29-19-17-25(23-35(29)39)42(38-22-21-37(41)31-13-5-6-14-32(31)38)26-18-20-30-28-12-8-10-16-34(28)40(3,4)36(30)24-26/h5-24H,41H2,1-4H3. The highest BCUT2D eigenvalue weighted by atomic mass is 15.1. The van der Waals surface area contributed by atoms with Gasteiger partial charge in [0.1, 0.15) is 0 Å². The summed E-state index contributed by atoms with van der Waals surface area (Å²) in [6, 6.07) is 44.4. The Morgan fingerprint density at radius 3 is 1.45 bits per heavy atom. The second-order valence-electron chi connectivity index (χ2n) is 12.9. The zero-order valence-electron chi connectivity index (χ0n) is 24.6. The van der Waals surface area contributed by atoms with Gasteiger partial charge in [0.15, 0.2) is 0 Å². The third-order valence-electron chi connectivity index (χ3n) is 9.83. The molecule has 0 bridgehead atoms. The maximum absolute atomic E-state index is 6.50. The Balaban J connectivity index is 1.38. The van der Waals surface area contributed by atoms with Crippen LogP contribution < -0.4 is 10.6 Å². The van der Waals surface area contributed by atoms with E-state index in [2.05, 4.69) is 148 Å². The molecule has 2 aliphatic carbocycles. The molecular formula is C40H34N2. The van der Waals surface area contributed by atoms with E-state index >= 15 is 0 Å². The number of hydrogen-bond acceptors (Lipinski definition) is 2. The number of anilines is 4. The number of nitrogen functional groups attached to an aromatic ring is 1. The largest absolute Gasteiger partial charge is 0.398 e. The minimum atomic E-state index is -0.0850. The van der Waals surface area contributed by atoms with Crippen LogP contribution in [0.3, 0.4) is 0 Å². The Bertz CT molecular complexity index is 1960. The second-order valence-corrected chi connectivity index (χ2v) is 12.9. The van der Waals surface area contributed by atoms with E-state index in [1.165, 1.54) is 44.5 Å². The predicted octanol–water partition coefficient (Wildman–Crippen LogP) is 10.5. The Hall–Kier alpha value is -4.82. The molecule has 0 unspecified atom stereocenters. The highest BCUT2D eigenvalue weighted by Crippen LogP contribution is 2.53. The number of hydrogen-bond donors (Lipinski definition) is 1. The summed E-state index contributed by atoms with van der Waals surface area (Å²) in [7, 11) is 0. The van der Waals surface area contributed by atoms with Crippen molar-refractivity contribution >= 4 is 33.5 Å². The quantitative estimate of drug-likeness (QED) is 0.225. The number of benzene rings is 6. The molecule has 0 fully saturated rings. The van der Waals surface area contributed by atoms with Crippen molar-refractivity contribution in [1.82, 2.24) is 0 Å². The van der Waals surface area contributed by atoms with Gasteiger partial charge in [-0.1, -0.05) is 113 Å². The van der Waals surface area contributed by atoms with Crippen LogP contribution in [0.5, 0.6) is 0 Å². The van der Waals surface area contributed by atoms with Crippen LogP contribution in [0.1, 0.15) is 49.9 Å². The van der Waals surface area contributed by atoms with Crippen LogP contribution in [-0.2, 0) is 10.8 Å². The molecular weight excluding hydrogens is 508 g/mol. The van der Waals surface area contributed by atoms with Gasteiger partial charge in [0.25, 0.3) is 0 Å². The van der Waals surface area contributed by atoms with Gasteiger partial charge < -0.3 is 10.6 Å².